The first-order valence-electron chi connectivity index (χ1n) is 8.87. The number of benzene rings is 1. The van der Waals surface area contributed by atoms with Gasteiger partial charge in [0.15, 0.2) is 11.5 Å². The van der Waals surface area contributed by atoms with E-state index in [0.717, 1.165) is 18.5 Å². The van der Waals surface area contributed by atoms with Crippen LogP contribution in [-0.2, 0) is 6.54 Å². The summed E-state index contributed by atoms with van der Waals surface area (Å²) in [6.07, 6.45) is 2.50. The van der Waals surface area contributed by atoms with Crippen molar-refractivity contribution in [3.05, 3.63) is 47.7 Å². The maximum Gasteiger partial charge on any atom is 0.252 e. The van der Waals surface area contributed by atoms with Crippen molar-refractivity contribution in [3.63, 3.8) is 0 Å². The lowest BCUT2D eigenvalue weighted by Crippen LogP contribution is -2.27. The first-order chi connectivity index (χ1) is 13.0. The Bertz CT molecular complexity index is 733. The Morgan fingerprint density at radius 1 is 1.11 bits per heavy atom. The van der Waals surface area contributed by atoms with Gasteiger partial charge in [0.25, 0.3) is 5.91 Å². The van der Waals surface area contributed by atoms with E-state index in [-0.39, 0.29) is 5.91 Å². The predicted molar refractivity (Wildman–Crippen MR) is 107 cm³/mol. The lowest BCUT2D eigenvalue weighted by atomic mass is 10.2. The number of hydrogen-bond acceptors (Lipinski definition) is 6. The molecule has 0 aliphatic carbocycles. The van der Waals surface area contributed by atoms with Crippen molar-refractivity contribution in [1.29, 1.82) is 0 Å². The molecule has 0 saturated heterocycles. The molecule has 0 unspecified atom stereocenters. The van der Waals surface area contributed by atoms with Gasteiger partial charge in [-0.15, -0.1) is 0 Å². The van der Waals surface area contributed by atoms with Crippen molar-refractivity contribution < 1.29 is 14.3 Å². The van der Waals surface area contributed by atoms with Crippen LogP contribution in [0, 0.1) is 0 Å². The number of ether oxygens (including phenoxy) is 2. The summed E-state index contributed by atoms with van der Waals surface area (Å²) in [5, 5.41) is 6.14. The van der Waals surface area contributed by atoms with Crippen LogP contribution in [0.4, 0.5) is 5.82 Å². The molecule has 0 atom stereocenters. The summed E-state index contributed by atoms with van der Waals surface area (Å²) in [4.78, 5) is 18.5. The molecular weight excluding hydrogens is 344 g/mol. The second-order valence-electron chi connectivity index (χ2n) is 6.39. The van der Waals surface area contributed by atoms with Gasteiger partial charge in [-0.05, 0) is 56.9 Å². The van der Waals surface area contributed by atoms with Crippen LogP contribution in [-0.4, -0.2) is 57.2 Å². The van der Waals surface area contributed by atoms with E-state index >= 15 is 0 Å². The molecule has 0 fully saturated rings. The smallest absolute Gasteiger partial charge is 0.252 e. The molecular formula is C20H28N4O3. The molecule has 1 amide bonds. The molecule has 2 rings (SSSR count). The molecule has 7 nitrogen and oxygen atoms in total. The lowest BCUT2D eigenvalue weighted by molar-refractivity contribution is 0.0952. The molecule has 27 heavy (non-hydrogen) atoms. The largest absolute Gasteiger partial charge is 0.493 e. The fourth-order valence-corrected chi connectivity index (χ4v) is 2.52. The van der Waals surface area contributed by atoms with Crippen LogP contribution in [0.25, 0.3) is 0 Å². The van der Waals surface area contributed by atoms with Gasteiger partial charge in [0.05, 0.1) is 19.8 Å². The molecule has 2 N–H and O–H groups in total. The number of hydrogen-bond donors (Lipinski definition) is 2. The van der Waals surface area contributed by atoms with Gasteiger partial charge in [0.1, 0.15) is 5.82 Å². The number of nitrogens with zero attached hydrogens (tertiary/aromatic N) is 2. The zero-order chi connectivity index (χ0) is 19.6. The number of aromatic nitrogens is 1. The highest BCUT2D eigenvalue weighted by atomic mass is 16.5. The van der Waals surface area contributed by atoms with Crippen LogP contribution in [0.15, 0.2) is 36.5 Å². The van der Waals surface area contributed by atoms with Gasteiger partial charge in [-0.3, -0.25) is 4.79 Å². The maximum absolute atomic E-state index is 12.1. The summed E-state index contributed by atoms with van der Waals surface area (Å²) in [6, 6.07) is 9.32. The molecule has 2 aromatic rings. The average molecular weight is 372 g/mol. The SMILES string of the molecule is COc1ccc(CNc2ccc(C(=O)NCCCN(C)C)cn2)cc1OC. The van der Waals surface area contributed by atoms with Crippen LogP contribution < -0.4 is 20.1 Å². The molecule has 1 aromatic heterocycles. The van der Waals surface area contributed by atoms with E-state index in [2.05, 4.69) is 20.5 Å². The van der Waals surface area contributed by atoms with Gasteiger partial charge in [-0.25, -0.2) is 4.98 Å². The Morgan fingerprint density at radius 2 is 1.89 bits per heavy atom. The first kappa shape index (κ1) is 20.5. The highest BCUT2D eigenvalue weighted by Crippen LogP contribution is 2.27. The Morgan fingerprint density at radius 3 is 2.52 bits per heavy atom. The van der Waals surface area contributed by atoms with E-state index < -0.39 is 0 Å². The van der Waals surface area contributed by atoms with E-state index in [9.17, 15) is 4.79 Å². The number of amides is 1. The van der Waals surface area contributed by atoms with Crippen molar-refractivity contribution in [2.75, 3.05) is 46.7 Å². The highest BCUT2D eigenvalue weighted by molar-refractivity contribution is 5.94. The molecule has 0 bridgehead atoms. The molecule has 0 aliphatic rings. The molecule has 1 aromatic carbocycles. The lowest BCUT2D eigenvalue weighted by Gasteiger charge is -2.11. The number of nitrogens with one attached hydrogen (secondary N) is 2. The van der Waals surface area contributed by atoms with Crippen LogP contribution in [0.5, 0.6) is 11.5 Å². The van der Waals surface area contributed by atoms with Crippen molar-refractivity contribution in [2.45, 2.75) is 13.0 Å². The normalized spacial score (nSPS) is 10.6. The Hall–Kier alpha value is -2.80. The zero-order valence-electron chi connectivity index (χ0n) is 16.4. The minimum absolute atomic E-state index is 0.104. The molecule has 0 aliphatic heterocycles. The van der Waals surface area contributed by atoms with E-state index in [1.54, 1.807) is 32.5 Å². The van der Waals surface area contributed by atoms with Gasteiger partial charge < -0.3 is 25.0 Å². The molecule has 0 saturated carbocycles. The topological polar surface area (TPSA) is 75.7 Å². The highest BCUT2D eigenvalue weighted by Gasteiger charge is 2.07. The van der Waals surface area contributed by atoms with Gasteiger partial charge >= 0.3 is 0 Å². The van der Waals surface area contributed by atoms with Crippen LogP contribution in [0.3, 0.4) is 0 Å². The Kier molecular flexibility index (Phi) is 7.88. The monoisotopic (exact) mass is 372 g/mol. The van der Waals surface area contributed by atoms with Crippen LogP contribution >= 0.6 is 0 Å². The van der Waals surface area contributed by atoms with E-state index in [4.69, 9.17) is 9.47 Å². The van der Waals surface area contributed by atoms with Gasteiger partial charge in [0, 0.05) is 19.3 Å². The summed E-state index contributed by atoms with van der Waals surface area (Å²) >= 11 is 0. The Labute approximate surface area is 160 Å². The third-order valence-corrected chi connectivity index (χ3v) is 4.01. The molecule has 0 spiro atoms. The summed E-state index contributed by atoms with van der Waals surface area (Å²) < 4.78 is 10.5. The number of pyridine rings is 1. The maximum atomic E-state index is 12.1. The molecule has 0 radical (unpaired) electrons. The number of methoxy groups -OCH3 is 2. The quantitative estimate of drug-likeness (QED) is 0.624. The third kappa shape index (κ3) is 6.45. The fraction of sp³-hybridized carbons (Fsp3) is 0.400. The summed E-state index contributed by atoms with van der Waals surface area (Å²) in [5.74, 6) is 1.98. The number of rotatable bonds is 10. The van der Waals surface area contributed by atoms with Crippen LogP contribution in [0.2, 0.25) is 0 Å². The van der Waals surface area contributed by atoms with Gasteiger partial charge in [-0.2, -0.15) is 0 Å². The summed E-state index contributed by atoms with van der Waals surface area (Å²) in [5.41, 5.74) is 1.59. The minimum atomic E-state index is -0.104. The summed E-state index contributed by atoms with van der Waals surface area (Å²) in [7, 11) is 7.25. The molecule has 7 heteroatoms. The Balaban J connectivity index is 1.85. The second kappa shape index (κ2) is 10.4. The van der Waals surface area contributed by atoms with Crippen molar-refractivity contribution in [1.82, 2.24) is 15.2 Å². The molecule has 1 heterocycles. The number of anilines is 1. The van der Waals surface area contributed by atoms with Crippen molar-refractivity contribution in [2.24, 2.45) is 0 Å². The van der Waals surface area contributed by atoms with E-state index in [0.29, 0.717) is 36.0 Å². The molecule has 146 valence electrons. The van der Waals surface area contributed by atoms with Crippen LogP contribution in [0.1, 0.15) is 22.3 Å². The minimum Gasteiger partial charge on any atom is -0.493 e. The van der Waals surface area contributed by atoms with Gasteiger partial charge in [0.2, 0.25) is 0 Å². The van der Waals surface area contributed by atoms with E-state index in [1.807, 2.05) is 32.3 Å². The third-order valence-electron chi connectivity index (χ3n) is 4.01. The predicted octanol–water partition coefficient (Wildman–Crippen LogP) is 2.39. The van der Waals surface area contributed by atoms with Crippen molar-refractivity contribution >= 4 is 11.7 Å². The fourth-order valence-electron chi connectivity index (χ4n) is 2.52. The first-order valence-corrected chi connectivity index (χ1v) is 8.87. The zero-order valence-corrected chi connectivity index (χ0v) is 16.4. The number of carbonyl (C=O) groups is 1. The summed E-state index contributed by atoms with van der Waals surface area (Å²) in [6.45, 7) is 2.18. The standard InChI is InChI=1S/C20H28N4O3/c1-24(2)11-5-10-21-20(25)16-7-9-19(23-14-16)22-13-15-6-8-17(26-3)18(12-15)27-4/h6-9,12,14H,5,10-11,13H2,1-4H3,(H,21,25)(H,22,23). The average Bonchev–Trinajstić information content (AvgIpc) is 2.69. The second-order valence-corrected chi connectivity index (χ2v) is 6.39. The number of carbonyl (C=O) groups excluding carboxylic acids is 1. The van der Waals surface area contributed by atoms with E-state index in [1.165, 1.54) is 0 Å². The van der Waals surface area contributed by atoms with Crippen molar-refractivity contribution in [3.8, 4) is 11.5 Å². The van der Waals surface area contributed by atoms with Gasteiger partial charge in [-0.1, -0.05) is 6.07 Å².